The van der Waals surface area contributed by atoms with Crippen LogP contribution in [0, 0.1) is 0 Å². The minimum atomic E-state index is -0.416. The van der Waals surface area contributed by atoms with Gasteiger partial charge in [0.15, 0.2) is 0 Å². The molecule has 0 bridgehead atoms. The lowest BCUT2D eigenvalue weighted by molar-refractivity contribution is 0.415. The molecule has 0 aliphatic carbocycles. The van der Waals surface area contributed by atoms with Gasteiger partial charge in [0.05, 0.1) is 12.7 Å². The van der Waals surface area contributed by atoms with Gasteiger partial charge in [-0.1, -0.05) is 4.49 Å². The van der Waals surface area contributed by atoms with Crippen LogP contribution in [0.5, 0.6) is 5.75 Å². The first-order valence-electron chi connectivity index (χ1n) is 5.17. The Morgan fingerprint density at radius 1 is 1.33 bits per heavy atom. The first kappa shape index (κ1) is 10.9. The van der Waals surface area contributed by atoms with E-state index in [0.29, 0.717) is 22.6 Å². The van der Waals surface area contributed by atoms with Crippen molar-refractivity contribution in [2.24, 2.45) is 0 Å². The zero-order valence-electron chi connectivity index (χ0n) is 9.41. The Bertz CT molecular complexity index is 750. The van der Waals surface area contributed by atoms with Crippen LogP contribution in [0.15, 0.2) is 38.9 Å². The van der Waals surface area contributed by atoms with Crippen molar-refractivity contribution < 1.29 is 9.15 Å². The molecule has 3 aromatic rings. The molecule has 0 spiro atoms. The number of fused-ring (bicyclic) bond motifs is 1. The van der Waals surface area contributed by atoms with Crippen molar-refractivity contribution in [3.63, 3.8) is 0 Å². The molecule has 0 fully saturated rings. The number of methoxy groups -OCH3 is 1. The molecule has 0 unspecified atom stereocenters. The summed E-state index contributed by atoms with van der Waals surface area (Å²) in [5, 5.41) is 6.37. The molecule has 0 N–H and O–H groups in total. The van der Waals surface area contributed by atoms with Crippen molar-refractivity contribution in [2.45, 2.75) is 0 Å². The SMILES string of the molecule is COc1ccc2oc(=O)c(-c3csnn3)cc2c1. The normalized spacial score (nSPS) is 10.7. The number of aromatic nitrogens is 2. The molecule has 0 atom stereocenters. The molecule has 0 amide bonds. The minimum Gasteiger partial charge on any atom is -0.497 e. The number of rotatable bonds is 2. The molecule has 1 aromatic carbocycles. The van der Waals surface area contributed by atoms with Crippen LogP contribution in [0.4, 0.5) is 0 Å². The quantitative estimate of drug-likeness (QED) is 0.661. The Balaban J connectivity index is 2.28. The van der Waals surface area contributed by atoms with E-state index in [2.05, 4.69) is 9.59 Å². The largest absolute Gasteiger partial charge is 0.497 e. The molecular formula is C12H8N2O3S. The standard InChI is InChI=1S/C12H8N2O3S/c1-16-8-2-3-11-7(4-8)5-9(12(15)17-11)10-6-18-14-13-10/h2-6H,1H3. The summed E-state index contributed by atoms with van der Waals surface area (Å²) >= 11 is 1.19. The fourth-order valence-electron chi connectivity index (χ4n) is 1.69. The monoisotopic (exact) mass is 260 g/mol. The van der Waals surface area contributed by atoms with Crippen molar-refractivity contribution in [3.05, 3.63) is 40.1 Å². The number of hydrogen-bond donors (Lipinski definition) is 0. The summed E-state index contributed by atoms with van der Waals surface area (Å²) in [4.78, 5) is 11.8. The van der Waals surface area contributed by atoms with Gasteiger partial charge in [-0.05, 0) is 35.8 Å². The Morgan fingerprint density at radius 2 is 2.22 bits per heavy atom. The molecular weight excluding hydrogens is 252 g/mol. The van der Waals surface area contributed by atoms with E-state index in [1.54, 1.807) is 30.7 Å². The Labute approximate surface area is 106 Å². The summed E-state index contributed by atoms with van der Waals surface area (Å²) in [6, 6.07) is 7.00. The second-order valence-electron chi connectivity index (χ2n) is 3.64. The Hall–Kier alpha value is -2.21. The fraction of sp³-hybridized carbons (Fsp3) is 0.0833. The lowest BCUT2D eigenvalue weighted by Gasteiger charge is -2.02. The van der Waals surface area contributed by atoms with Gasteiger partial charge in [0.25, 0.3) is 0 Å². The molecule has 3 rings (SSSR count). The van der Waals surface area contributed by atoms with E-state index in [4.69, 9.17) is 9.15 Å². The number of hydrogen-bond acceptors (Lipinski definition) is 6. The van der Waals surface area contributed by atoms with Crippen LogP contribution in [0.3, 0.4) is 0 Å². The highest BCUT2D eigenvalue weighted by Crippen LogP contribution is 2.23. The molecule has 0 radical (unpaired) electrons. The van der Waals surface area contributed by atoms with Gasteiger partial charge in [0, 0.05) is 10.8 Å². The molecule has 6 heteroatoms. The van der Waals surface area contributed by atoms with Gasteiger partial charge in [-0.15, -0.1) is 5.10 Å². The van der Waals surface area contributed by atoms with Crippen molar-refractivity contribution in [3.8, 4) is 17.0 Å². The van der Waals surface area contributed by atoms with E-state index in [1.807, 2.05) is 6.07 Å². The topological polar surface area (TPSA) is 65.2 Å². The van der Waals surface area contributed by atoms with Crippen molar-refractivity contribution >= 4 is 22.5 Å². The van der Waals surface area contributed by atoms with Crippen LogP contribution in [-0.4, -0.2) is 16.7 Å². The summed E-state index contributed by atoms with van der Waals surface area (Å²) in [6.07, 6.45) is 0. The molecule has 2 heterocycles. The number of benzene rings is 1. The van der Waals surface area contributed by atoms with Gasteiger partial charge in [-0.3, -0.25) is 0 Å². The zero-order valence-corrected chi connectivity index (χ0v) is 10.2. The summed E-state index contributed by atoms with van der Waals surface area (Å²) in [6.45, 7) is 0. The summed E-state index contributed by atoms with van der Waals surface area (Å²) in [5.74, 6) is 0.707. The maximum absolute atomic E-state index is 11.8. The molecule has 2 aromatic heterocycles. The van der Waals surface area contributed by atoms with Crippen molar-refractivity contribution in [1.29, 1.82) is 0 Å². The van der Waals surface area contributed by atoms with E-state index < -0.39 is 5.63 Å². The smallest absolute Gasteiger partial charge is 0.345 e. The van der Waals surface area contributed by atoms with Crippen LogP contribution in [0.1, 0.15) is 0 Å². The first-order valence-corrected chi connectivity index (χ1v) is 6.01. The first-order chi connectivity index (χ1) is 8.78. The molecule has 0 saturated heterocycles. The van der Waals surface area contributed by atoms with Crippen LogP contribution in [-0.2, 0) is 0 Å². The van der Waals surface area contributed by atoms with E-state index in [9.17, 15) is 4.79 Å². The van der Waals surface area contributed by atoms with Crippen LogP contribution in [0.2, 0.25) is 0 Å². The average Bonchev–Trinajstić information content (AvgIpc) is 2.91. The molecule has 18 heavy (non-hydrogen) atoms. The predicted octanol–water partition coefficient (Wildman–Crippen LogP) is 2.32. The highest BCUT2D eigenvalue weighted by atomic mass is 32.1. The Morgan fingerprint density at radius 3 is 2.94 bits per heavy atom. The van der Waals surface area contributed by atoms with Gasteiger partial charge in [0.1, 0.15) is 17.0 Å². The van der Waals surface area contributed by atoms with Gasteiger partial charge >= 0.3 is 5.63 Å². The third-order valence-corrected chi connectivity index (χ3v) is 3.08. The van der Waals surface area contributed by atoms with Gasteiger partial charge < -0.3 is 9.15 Å². The lowest BCUT2D eigenvalue weighted by Crippen LogP contribution is -2.02. The third kappa shape index (κ3) is 1.76. The van der Waals surface area contributed by atoms with E-state index in [-0.39, 0.29) is 0 Å². The maximum Gasteiger partial charge on any atom is 0.345 e. The minimum absolute atomic E-state index is 0.407. The van der Waals surface area contributed by atoms with Gasteiger partial charge in [0.2, 0.25) is 0 Å². The highest BCUT2D eigenvalue weighted by Gasteiger charge is 2.10. The third-order valence-electron chi connectivity index (χ3n) is 2.58. The summed E-state index contributed by atoms with van der Waals surface area (Å²) in [5.41, 5.74) is 1.04. The second-order valence-corrected chi connectivity index (χ2v) is 4.25. The molecule has 5 nitrogen and oxygen atoms in total. The molecule has 90 valence electrons. The zero-order chi connectivity index (χ0) is 12.5. The van der Waals surface area contributed by atoms with E-state index in [1.165, 1.54) is 11.5 Å². The van der Waals surface area contributed by atoms with Gasteiger partial charge in [-0.2, -0.15) is 0 Å². The van der Waals surface area contributed by atoms with Crippen LogP contribution < -0.4 is 10.4 Å². The van der Waals surface area contributed by atoms with Crippen LogP contribution >= 0.6 is 11.5 Å². The number of ether oxygens (including phenoxy) is 1. The fourth-order valence-corrected chi connectivity index (χ4v) is 2.15. The van der Waals surface area contributed by atoms with Crippen molar-refractivity contribution in [1.82, 2.24) is 9.59 Å². The average molecular weight is 260 g/mol. The highest BCUT2D eigenvalue weighted by molar-refractivity contribution is 7.03. The molecule has 0 aliphatic rings. The summed E-state index contributed by atoms with van der Waals surface area (Å²) < 4.78 is 14.1. The van der Waals surface area contributed by atoms with Crippen molar-refractivity contribution in [2.75, 3.05) is 7.11 Å². The van der Waals surface area contributed by atoms with Gasteiger partial charge in [-0.25, -0.2) is 4.79 Å². The number of nitrogens with zero attached hydrogens (tertiary/aromatic N) is 2. The molecule has 0 aliphatic heterocycles. The molecule has 0 saturated carbocycles. The lowest BCUT2D eigenvalue weighted by atomic mass is 10.1. The summed E-state index contributed by atoms with van der Waals surface area (Å²) in [7, 11) is 1.59. The Kier molecular flexibility index (Phi) is 2.56. The maximum atomic E-state index is 11.8. The predicted molar refractivity (Wildman–Crippen MR) is 67.9 cm³/mol. The second kappa shape index (κ2) is 4.23. The van der Waals surface area contributed by atoms with E-state index >= 15 is 0 Å². The van der Waals surface area contributed by atoms with E-state index in [0.717, 1.165) is 5.39 Å². The van der Waals surface area contributed by atoms with Crippen LogP contribution in [0.25, 0.3) is 22.2 Å².